The fraction of sp³-hybridized carbons (Fsp3) is 0.438. The topological polar surface area (TPSA) is 82.3 Å². The van der Waals surface area contributed by atoms with Crippen LogP contribution in [-0.4, -0.2) is 39.6 Å². The Kier molecular flexibility index (Phi) is 3.37. The third kappa shape index (κ3) is 2.74. The third-order valence-electron chi connectivity index (χ3n) is 4.27. The van der Waals surface area contributed by atoms with Crippen molar-refractivity contribution in [3.05, 3.63) is 30.0 Å². The summed E-state index contributed by atoms with van der Waals surface area (Å²) in [6, 6.07) is 7.47. The quantitative estimate of drug-likeness (QED) is 0.703. The number of nitrogen functional groups attached to an aromatic ring is 1. The van der Waals surface area contributed by atoms with Gasteiger partial charge in [0.2, 0.25) is 0 Å². The van der Waals surface area contributed by atoms with Crippen molar-refractivity contribution >= 4 is 22.5 Å². The Morgan fingerprint density at radius 2 is 2.19 bits per heavy atom. The number of nitrogens with zero attached hydrogens (tertiary/aromatic N) is 1. The highest BCUT2D eigenvalue weighted by molar-refractivity contribution is 6.00. The Balaban J connectivity index is 1.85. The molecule has 1 fully saturated rings. The lowest BCUT2D eigenvalue weighted by atomic mass is 9.98. The highest BCUT2D eigenvalue weighted by Crippen LogP contribution is 2.25. The summed E-state index contributed by atoms with van der Waals surface area (Å²) in [7, 11) is 0. The molecule has 112 valence electrons. The summed E-state index contributed by atoms with van der Waals surface area (Å²) < 4.78 is 0. The Morgan fingerprint density at radius 1 is 1.38 bits per heavy atom. The Morgan fingerprint density at radius 3 is 2.95 bits per heavy atom. The lowest BCUT2D eigenvalue weighted by Crippen LogP contribution is -2.33. The first-order chi connectivity index (χ1) is 9.96. The number of hydrogen-bond donors (Lipinski definition) is 3. The molecule has 0 aliphatic carbocycles. The van der Waals surface area contributed by atoms with Gasteiger partial charge in [-0.3, -0.25) is 4.79 Å². The molecule has 2 aromatic rings. The first-order valence-electron chi connectivity index (χ1n) is 7.35. The van der Waals surface area contributed by atoms with Crippen LogP contribution in [0.2, 0.25) is 0 Å². The summed E-state index contributed by atoms with van der Waals surface area (Å²) >= 11 is 0. The number of benzene rings is 1. The molecule has 1 aliphatic rings. The van der Waals surface area contributed by atoms with Crippen LogP contribution < -0.4 is 5.73 Å². The molecule has 5 heteroatoms. The smallest absolute Gasteiger partial charge is 0.270 e. The van der Waals surface area contributed by atoms with Crippen LogP contribution in [0.5, 0.6) is 0 Å². The molecule has 5 nitrogen and oxygen atoms in total. The molecule has 0 bridgehead atoms. The normalized spacial score (nSPS) is 23.2. The van der Waals surface area contributed by atoms with Gasteiger partial charge >= 0.3 is 0 Å². The van der Waals surface area contributed by atoms with Crippen molar-refractivity contribution in [3.8, 4) is 0 Å². The van der Waals surface area contributed by atoms with Gasteiger partial charge in [-0.2, -0.15) is 0 Å². The van der Waals surface area contributed by atoms with Crippen molar-refractivity contribution in [2.75, 3.05) is 18.8 Å². The molecule has 1 aromatic carbocycles. The average molecular weight is 287 g/mol. The van der Waals surface area contributed by atoms with Crippen LogP contribution >= 0.6 is 0 Å². The summed E-state index contributed by atoms with van der Waals surface area (Å²) in [5.41, 5.74) is 7.26. The maximum atomic E-state index is 12.6. The minimum atomic E-state index is -0.667. The van der Waals surface area contributed by atoms with E-state index in [2.05, 4.69) is 4.98 Å². The second kappa shape index (κ2) is 5.07. The fourth-order valence-electron chi connectivity index (χ4n) is 2.93. The number of anilines is 1. The number of hydrogen-bond acceptors (Lipinski definition) is 3. The molecule has 1 aromatic heterocycles. The van der Waals surface area contributed by atoms with Gasteiger partial charge in [-0.25, -0.2) is 0 Å². The van der Waals surface area contributed by atoms with Crippen LogP contribution in [0.4, 0.5) is 5.69 Å². The third-order valence-corrected chi connectivity index (χ3v) is 4.27. The number of amides is 1. The van der Waals surface area contributed by atoms with Crippen molar-refractivity contribution in [2.45, 2.75) is 31.8 Å². The van der Waals surface area contributed by atoms with Crippen LogP contribution in [0.15, 0.2) is 24.3 Å². The van der Waals surface area contributed by atoms with E-state index >= 15 is 0 Å². The molecule has 0 spiro atoms. The van der Waals surface area contributed by atoms with E-state index in [1.807, 2.05) is 36.1 Å². The van der Waals surface area contributed by atoms with Crippen molar-refractivity contribution in [1.29, 1.82) is 0 Å². The van der Waals surface area contributed by atoms with Gasteiger partial charge in [-0.15, -0.1) is 0 Å². The van der Waals surface area contributed by atoms with E-state index in [0.717, 1.165) is 23.7 Å². The van der Waals surface area contributed by atoms with Crippen LogP contribution in [0.1, 0.15) is 36.7 Å². The van der Waals surface area contributed by atoms with Gasteiger partial charge < -0.3 is 20.7 Å². The fourth-order valence-corrected chi connectivity index (χ4v) is 2.93. The molecule has 3 rings (SSSR count). The van der Waals surface area contributed by atoms with Crippen molar-refractivity contribution in [2.24, 2.45) is 0 Å². The number of H-pyrrole nitrogens is 1. The molecule has 0 radical (unpaired) electrons. The predicted molar refractivity (Wildman–Crippen MR) is 83.1 cm³/mol. The number of aromatic amines is 1. The largest absolute Gasteiger partial charge is 0.397 e. The summed E-state index contributed by atoms with van der Waals surface area (Å²) in [6.45, 7) is 3.10. The van der Waals surface area contributed by atoms with Gasteiger partial charge in [0.15, 0.2) is 0 Å². The van der Waals surface area contributed by atoms with Crippen LogP contribution in [0, 0.1) is 0 Å². The van der Waals surface area contributed by atoms with Gasteiger partial charge in [0, 0.05) is 18.5 Å². The Hall–Kier alpha value is -2.01. The van der Waals surface area contributed by atoms with Crippen molar-refractivity contribution in [1.82, 2.24) is 9.88 Å². The monoisotopic (exact) mass is 287 g/mol. The molecule has 1 aliphatic heterocycles. The number of aliphatic hydroxyl groups is 1. The zero-order valence-corrected chi connectivity index (χ0v) is 12.2. The van der Waals surface area contributed by atoms with E-state index < -0.39 is 5.60 Å². The van der Waals surface area contributed by atoms with Crippen LogP contribution in [-0.2, 0) is 0 Å². The number of para-hydroxylation sites is 1. The number of nitrogens with two attached hydrogens (primary N) is 1. The lowest BCUT2D eigenvalue weighted by Gasteiger charge is -2.22. The van der Waals surface area contributed by atoms with E-state index in [9.17, 15) is 9.90 Å². The number of aromatic nitrogens is 1. The molecule has 1 atom stereocenters. The first-order valence-corrected chi connectivity index (χ1v) is 7.35. The maximum absolute atomic E-state index is 12.6. The number of carbonyl (C=O) groups is 1. The number of likely N-dealkylation sites (tertiary alicyclic amines) is 1. The Bertz CT molecular complexity index is 675. The van der Waals surface area contributed by atoms with Gasteiger partial charge in [0.05, 0.1) is 16.8 Å². The first kappa shape index (κ1) is 13.9. The molecule has 2 heterocycles. The van der Waals surface area contributed by atoms with E-state index in [4.69, 9.17) is 5.73 Å². The number of carbonyl (C=O) groups excluding carboxylic acids is 1. The average Bonchev–Trinajstić information content (AvgIpc) is 2.79. The molecule has 4 N–H and O–H groups in total. The summed E-state index contributed by atoms with van der Waals surface area (Å²) in [5.74, 6) is -0.0247. The highest BCUT2D eigenvalue weighted by atomic mass is 16.3. The van der Waals surface area contributed by atoms with Crippen molar-refractivity contribution in [3.63, 3.8) is 0 Å². The predicted octanol–water partition coefficient (Wildman–Crippen LogP) is 2.13. The number of nitrogens with one attached hydrogen (secondary N) is 1. The standard InChI is InChI=1S/C16H21N3O2/c1-16(21)6-3-8-19(9-7-16)15(20)13-10-11-4-2-5-12(17)14(11)18-13/h2,4-5,10,18,21H,3,6-9,17H2,1H3. The summed E-state index contributed by atoms with van der Waals surface area (Å²) in [4.78, 5) is 17.5. The molecular formula is C16H21N3O2. The zero-order chi connectivity index (χ0) is 15.0. The summed E-state index contributed by atoms with van der Waals surface area (Å²) in [5, 5.41) is 11.1. The van der Waals surface area contributed by atoms with E-state index in [1.165, 1.54) is 0 Å². The molecule has 21 heavy (non-hydrogen) atoms. The van der Waals surface area contributed by atoms with E-state index in [0.29, 0.717) is 30.9 Å². The maximum Gasteiger partial charge on any atom is 0.270 e. The zero-order valence-electron chi connectivity index (χ0n) is 12.2. The molecule has 0 saturated carbocycles. The lowest BCUT2D eigenvalue weighted by molar-refractivity contribution is 0.0437. The van der Waals surface area contributed by atoms with Crippen LogP contribution in [0.25, 0.3) is 10.9 Å². The van der Waals surface area contributed by atoms with Gasteiger partial charge in [-0.1, -0.05) is 12.1 Å². The molecule has 1 amide bonds. The minimum Gasteiger partial charge on any atom is -0.397 e. The van der Waals surface area contributed by atoms with Gasteiger partial charge in [-0.05, 0) is 38.3 Å². The number of rotatable bonds is 1. The van der Waals surface area contributed by atoms with Crippen molar-refractivity contribution < 1.29 is 9.90 Å². The second-order valence-electron chi connectivity index (χ2n) is 6.14. The molecule has 1 unspecified atom stereocenters. The second-order valence-corrected chi connectivity index (χ2v) is 6.14. The number of fused-ring (bicyclic) bond motifs is 1. The molecule has 1 saturated heterocycles. The molecular weight excluding hydrogens is 266 g/mol. The SMILES string of the molecule is CC1(O)CCCN(C(=O)c2cc3cccc(N)c3[nH]2)CC1. The van der Waals surface area contributed by atoms with E-state index in [-0.39, 0.29) is 5.91 Å². The van der Waals surface area contributed by atoms with Gasteiger partial charge in [0.25, 0.3) is 5.91 Å². The highest BCUT2D eigenvalue weighted by Gasteiger charge is 2.28. The Labute approximate surface area is 123 Å². The summed E-state index contributed by atoms with van der Waals surface area (Å²) in [6.07, 6.45) is 2.17. The van der Waals surface area contributed by atoms with Gasteiger partial charge in [0.1, 0.15) is 5.69 Å². The van der Waals surface area contributed by atoms with Crippen LogP contribution in [0.3, 0.4) is 0 Å². The minimum absolute atomic E-state index is 0.0247. The van der Waals surface area contributed by atoms with E-state index in [1.54, 1.807) is 0 Å².